The van der Waals surface area contributed by atoms with Gasteiger partial charge >= 0.3 is 5.97 Å². The number of carbonyl (C=O) groups is 3. The monoisotopic (exact) mass is 547 g/mol. The number of carbonyl (C=O) groups excluding carboxylic acids is 3. The fraction of sp³-hybridized carbons (Fsp3) is 0.333. The van der Waals surface area contributed by atoms with Gasteiger partial charge in [0.2, 0.25) is 10.0 Å². The van der Waals surface area contributed by atoms with Crippen LogP contribution in [0.5, 0.6) is 0 Å². The average molecular weight is 548 g/mol. The number of hydrogen-bond donors (Lipinski definition) is 2. The Morgan fingerprint density at radius 3 is 2.57 bits per heavy atom. The van der Waals surface area contributed by atoms with Crippen LogP contribution in [0.15, 0.2) is 51.8 Å². The lowest BCUT2D eigenvalue weighted by molar-refractivity contribution is -0.154. The highest BCUT2D eigenvalue weighted by molar-refractivity contribution is 7.92. The van der Waals surface area contributed by atoms with Crippen molar-refractivity contribution in [2.75, 3.05) is 22.9 Å². The van der Waals surface area contributed by atoms with Gasteiger partial charge in [-0.2, -0.15) is 8.42 Å². The summed E-state index contributed by atoms with van der Waals surface area (Å²) in [6.45, 7) is 3.36. The Balaban J connectivity index is 1.79. The van der Waals surface area contributed by atoms with E-state index in [1.807, 2.05) is 6.92 Å². The number of benzene rings is 2. The van der Waals surface area contributed by atoms with Crippen LogP contribution in [0, 0.1) is 5.92 Å². The summed E-state index contributed by atoms with van der Waals surface area (Å²) in [5, 5.41) is 2.73. The molecule has 13 heteroatoms. The lowest BCUT2D eigenvalue weighted by Crippen LogP contribution is -2.55. The first-order valence-corrected chi connectivity index (χ1v) is 14.7. The van der Waals surface area contributed by atoms with Gasteiger partial charge in [0.25, 0.3) is 10.0 Å². The summed E-state index contributed by atoms with van der Waals surface area (Å²) in [7, 11) is -8.12. The maximum Gasteiger partial charge on any atom is 0.323 e. The summed E-state index contributed by atoms with van der Waals surface area (Å²) in [4.78, 5) is 40.1. The maximum absolute atomic E-state index is 13.8. The first kappa shape index (κ1) is 26.5. The summed E-state index contributed by atoms with van der Waals surface area (Å²) in [5.41, 5.74) is -1.62. The van der Waals surface area contributed by atoms with Gasteiger partial charge in [-0.05, 0) is 37.1 Å². The molecule has 2 aromatic rings. The third-order valence-electron chi connectivity index (χ3n) is 6.21. The topological polar surface area (TPSA) is 165 Å². The number of ketones is 2. The molecule has 37 heavy (non-hydrogen) atoms. The normalized spacial score (nSPS) is 22.2. The smallest absolute Gasteiger partial charge is 0.323 e. The number of amidine groups is 1. The quantitative estimate of drug-likeness (QED) is 0.300. The van der Waals surface area contributed by atoms with E-state index in [0.717, 1.165) is 18.7 Å². The zero-order valence-corrected chi connectivity index (χ0v) is 21.9. The number of fused-ring (bicyclic) bond motifs is 2. The third-order valence-corrected chi connectivity index (χ3v) is 8.14. The molecular formula is C24H25N3O8S2. The maximum atomic E-state index is 13.8. The molecule has 0 saturated heterocycles. The van der Waals surface area contributed by atoms with Crippen molar-refractivity contribution in [2.24, 2.45) is 10.3 Å². The Hall–Kier alpha value is -3.58. The van der Waals surface area contributed by atoms with E-state index in [-0.39, 0.29) is 34.0 Å². The van der Waals surface area contributed by atoms with E-state index in [9.17, 15) is 31.2 Å². The molecule has 1 aliphatic heterocycles. The van der Waals surface area contributed by atoms with Gasteiger partial charge in [0, 0.05) is 11.3 Å². The molecule has 0 saturated carbocycles. The van der Waals surface area contributed by atoms with Crippen LogP contribution in [0.25, 0.3) is 0 Å². The second-order valence-electron chi connectivity index (χ2n) is 8.98. The standard InChI is InChI=1S/C24H25N3O8S2/c1-4-5-12-35-23(30)24(2)16-9-7-6-8-15(16)20(28)19(21(24)29)22-25-17-11-10-14(26-36(3,31)32)13-18(17)37(33,34)27-22/h6-11,13,19,26H,4-5,12H2,1-3H3,(H,25,27). The Morgan fingerprint density at radius 1 is 1.19 bits per heavy atom. The van der Waals surface area contributed by atoms with Gasteiger partial charge in [-0.25, -0.2) is 8.42 Å². The van der Waals surface area contributed by atoms with Crippen molar-refractivity contribution in [1.82, 2.24) is 0 Å². The average Bonchev–Trinajstić information content (AvgIpc) is 2.82. The van der Waals surface area contributed by atoms with E-state index < -0.39 is 54.8 Å². The van der Waals surface area contributed by atoms with Crippen molar-refractivity contribution < 1.29 is 36.0 Å². The molecule has 1 aliphatic carbocycles. The van der Waals surface area contributed by atoms with Crippen molar-refractivity contribution in [1.29, 1.82) is 0 Å². The van der Waals surface area contributed by atoms with Gasteiger partial charge in [-0.3, -0.25) is 19.1 Å². The number of esters is 1. The van der Waals surface area contributed by atoms with E-state index in [0.29, 0.717) is 6.42 Å². The van der Waals surface area contributed by atoms with Crippen LogP contribution >= 0.6 is 0 Å². The summed E-state index contributed by atoms with van der Waals surface area (Å²) in [6, 6.07) is 9.82. The lowest BCUT2D eigenvalue weighted by atomic mass is 9.65. The van der Waals surface area contributed by atoms with Crippen LogP contribution in [-0.2, 0) is 39.8 Å². The van der Waals surface area contributed by atoms with E-state index in [2.05, 4.69) is 14.4 Å². The van der Waals surface area contributed by atoms with Crippen LogP contribution in [0.2, 0.25) is 0 Å². The first-order valence-electron chi connectivity index (χ1n) is 11.4. The molecular weight excluding hydrogens is 522 g/mol. The number of nitrogens with zero attached hydrogens (tertiary/aromatic N) is 1. The van der Waals surface area contributed by atoms with Crippen LogP contribution in [0.3, 0.4) is 0 Å². The molecule has 2 aromatic carbocycles. The molecule has 0 fully saturated rings. The van der Waals surface area contributed by atoms with Gasteiger partial charge in [0.15, 0.2) is 17.0 Å². The van der Waals surface area contributed by atoms with Crippen LogP contribution in [0.4, 0.5) is 11.4 Å². The van der Waals surface area contributed by atoms with E-state index in [1.165, 1.54) is 31.2 Å². The van der Waals surface area contributed by atoms with Crippen LogP contribution in [-0.4, -0.2) is 53.1 Å². The summed E-state index contributed by atoms with van der Waals surface area (Å²) in [5.74, 6) is -4.58. The van der Waals surface area contributed by atoms with Crippen molar-refractivity contribution in [3.63, 3.8) is 0 Å². The summed E-state index contributed by atoms with van der Waals surface area (Å²) in [6.07, 6.45) is 2.26. The lowest BCUT2D eigenvalue weighted by Gasteiger charge is -2.36. The Kier molecular flexibility index (Phi) is 6.71. The number of Topliss-reactive ketones (excluding diaryl/α,β-unsaturated/α-hetero) is 2. The van der Waals surface area contributed by atoms with Gasteiger partial charge in [-0.1, -0.05) is 37.6 Å². The van der Waals surface area contributed by atoms with E-state index in [4.69, 9.17) is 4.74 Å². The molecule has 11 nitrogen and oxygen atoms in total. The molecule has 1 heterocycles. The zero-order chi connectivity index (χ0) is 27.2. The van der Waals surface area contributed by atoms with Crippen molar-refractivity contribution in [2.45, 2.75) is 37.0 Å². The number of sulfonamides is 2. The fourth-order valence-electron chi connectivity index (χ4n) is 4.32. The SMILES string of the molecule is CCCCOC(=O)C1(C)C(=O)C(C2=NS(=O)(=O)c3cc(NS(C)(=O)=O)ccc3N2)C(=O)c2ccccc21. The van der Waals surface area contributed by atoms with Crippen molar-refractivity contribution >= 4 is 54.8 Å². The summed E-state index contributed by atoms with van der Waals surface area (Å²) >= 11 is 0. The van der Waals surface area contributed by atoms with Gasteiger partial charge in [0.05, 0.1) is 18.6 Å². The van der Waals surface area contributed by atoms with Crippen LogP contribution in [0.1, 0.15) is 42.6 Å². The van der Waals surface area contributed by atoms with Gasteiger partial charge in [0.1, 0.15) is 16.6 Å². The Labute approximate surface area is 214 Å². The zero-order valence-electron chi connectivity index (χ0n) is 20.3. The number of anilines is 2. The predicted octanol–water partition coefficient (Wildman–Crippen LogP) is 2.25. The van der Waals surface area contributed by atoms with Gasteiger partial charge < -0.3 is 10.1 Å². The number of hydrogen-bond acceptors (Lipinski definition) is 9. The minimum Gasteiger partial charge on any atom is -0.465 e. The van der Waals surface area contributed by atoms with Gasteiger partial charge in [-0.15, -0.1) is 4.40 Å². The molecule has 0 radical (unpaired) electrons. The highest BCUT2D eigenvalue weighted by Gasteiger charge is 2.56. The highest BCUT2D eigenvalue weighted by atomic mass is 32.2. The largest absolute Gasteiger partial charge is 0.465 e. The molecule has 2 aliphatic rings. The van der Waals surface area contributed by atoms with E-state index >= 15 is 0 Å². The predicted molar refractivity (Wildman–Crippen MR) is 136 cm³/mol. The fourth-order valence-corrected chi connectivity index (χ4v) is 6.06. The highest BCUT2D eigenvalue weighted by Crippen LogP contribution is 2.41. The number of ether oxygens (including phenoxy) is 1. The van der Waals surface area contributed by atoms with Crippen molar-refractivity contribution in [3.8, 4) is 0 Å². The molecule has 0 aromatic heterocycles. The Bertz CT molecular complexity index is 1560. The number of rotatable bonds is 7. The molecule has 0 spiro atoms. The minimum absolute atomic E-state index is 0.00395. The molecule has 2 N–H and O–H groups in total. The molecule has 0 bridgehead atoms. The minimum atomic E-state index is -4.45. The van der Waals surface area contributed by atoms with E-state index in [1.54, 1.807) is 12.1 Å². The molecule has 196 valence electrons. The molecule has 4 rings (SSSR count). The Morgan fingerprint density at radius 2 is 1.89 bits per heavy atom. The second-order valence-corrected chi connectivity index (χ2v) is 12.3. The number of nitrogens with one attached hydrogen (secondary N) is 2. The summed E-state index contributed by atoms with van der Waals surface area (Å²) < 4.78 is 60.4. The third kappa shape index (κ3) is 4.76. The first-order chi connectivity index (χ1) is 17.3. The van der Waals surface area contributed by atoms with Crippen molar-refractivity contribution in [3.05, 3.63) is 53.6 Å². The second kappa shape index (κ2) is 9.38. The molecule has 2 unspecified atom stereocenters. The number of unbranched alkanes of at least 4 members (excludes halogenated alkanes) is 1. The van der Waals surface area contributed by atoms with Crippen LogP contribution < -0.4 is 10.0 Å². The molecule has 2 atom stereocenters. The molecule has 0 amide bonds.